The molecule has 1 aliphatic rings. The Morgan fingerprint density at radius 2 is 2.12 bits per heavy atom. The first-order valence-corrected chi connectivity index (χ1v) is 5.84. The molecule has 0 heterocycles. The van der Waals surface area contributed by atoms with Gasteiger partial charge < -0.3 is 4.74 Å². The van der Waals surface area contributed by atoms with E-state index >= 15 is 0 Å². The number of hydrogen-bond donors (Lipinski definition) is 0. The summed E-state index contributed by atoms with van der Waals surface area (Å²) in [6.07, 6.45) is 0.546. The van der Waals surface area contributed by atoms with E-state index in [2.05, 4.69) is 0 Å². The molecule has 0 radical (unpaired) electrons. The molecule has 0 aliphatic heterocycles. The van der Waals surface area contributed by atoms with E-state index in [-0.39, 0.29) is 24.6 Å². The predicted octanol–water partition coefficient (Wildman–Crippen LogP) is 2.16. The molecule has 1 saturated carbocycles. The number of hydrogen-bond acceptors (Lipinski definition) is 3. The summed E-state index contributed by atoms with van der Waals surface area (Å²) in [4.78, 5) is 23.3. The van der Waals surface area contributed by atoms with Crippen molar-refractivity contribution in [3.8, 4) is 0 Å². The zero-order valence-corrected chi connectivity index (χ0v) is 10.2. The van der Waals surface area contributed by atoms with Crippen molar-refractivity contribution in [1.29, 1.82) is 0 Å². The molecule has 0 saturated heterocycles. The van der Waals surface area contributed by atoms with Crippen LogP contribution in [0.4, 0.5) is 0 Å². The molecule has 0 unspecified atom stereocenters. The molecule has 1 aromatic carbocycles. The summed E-state index contributed by atoms with van der Waals surface area (Å²) in [6.45, 7) is 4.10. The van der Waals surface area contributed by atoms with E-state index in [0.29, 0.717) is 6.61 Å². The lowest BCUT2D eigenvalue weighted by Crippen LogP contribution is -2.49. The number of Topliss-reactive ketones (excluding diaryl/α,β-unsaturated/α-hetero) is 1. The number of rotatable bonds is 3. The van der Waals surface area contributed by atoms with Crippen LogP contribution in [-0.4, -0.2) is 18.4 Å². The van der Waals surface area contributed by atoms with Gasteiger partial charge in [0.05, 0.1) is 6.61 Å². The summed E-state index contributed by atoms with van der Waals surface area (Å²) < 4.78 is 5.10. The Morgan fingerprint density at radius 3 is 2.65 bits per heavy atom. The molecule has 0 N–H and O–H groups in total. The Balaban J connectivity index is 2.35. The molecule has 3 nitrogen and oxygen atoms in total. The topological polar surface area (TPSA) is 43.4 Å². The number of benzene rings is 1. The van der Waals surface area contributed by atoms with Crippen molar-refractivity contribution in [2.45, 2.75) is 32.1 Å². The van der Waals surface area contributed by atoms with Crippen LogP contribution in [0.25, 0.3) is 0 Å². The highest BCUT2D eigenvalue weighted by Crippen LogP contribution is 2.42. The lowest BCUT2D eigenvalue weighted by molar-refractivity contribution is -0.158. The third kappa shape index (κ3) is 1.97. The van der Waals surface area contributed by atoms with Crippen molar-refractivity contribution in [3.63, 3.8) is 0 Å². The van der Waals surface area contributed by atoms with Gasteiger partial charge in [0.15, 0.2) is 0 Å². The van der Waals surface area contributed by atoms with E-state index in [4.69, 9.17) is 4.74 Å². The SMILES string of the molecule is CCOC(=O)C1(c2cccc(C)c2)CC(=O)C1. The van der Waals surface area contributed by atoms with Crippen LogP contribution in [0.5, 0.6) is 0 Å². The molecule has 1 fully saturated rings. The predicted molar refractivity (Wildman–Crippen MR) is 63.7 cm³/mol. The van der Waals surface area contributed by atoms with Gasteiger partial charge in [-0.1, -0.05) is 29.8 Å². The molecule has 0 amide bonds. The zero-order chi connectivity index (χ0) is 12.5. The molecule has 1 aromatic rings. The average Bonchev–Trinajstić information content (AvgIpc) is 2.24. The second kappa shape index (κ2) is 4.32. The minimum atomic E-state index is -0.723. The third-order valence-corrected chi connectivity index (χ3v) is 3.23. The van der Waals surface area contributed by atoms with Gasteiger partial charge in [0.1, 0.15) is 11.2 Å². The molecule has 90 valence electrons. The fourth-order valence-electron chi connectivity index (χ4n) is 2.30. The van der Waals surface area contributed by atoms with Crippen LogP contribution < -0.4 is 0 Å². The van der Waals surface area contributed by atoms with Gasteiger partial charge >= 0.3 is 5.97 Å². The van der Waals surface area contributed by atoms with Crippen molar-refractivity contribution in [2.24, 2.45) is 0 Å². The Kier molecular flexibility index (Phi) is 3.01. The van der Waals surface area contributed by atoms with E-state index in [0.717, 1.165) is 11.1 Å². The summed E-state index contributed by atoms with van der Waals surface area (Å²) in [5.41, 5.74) is 1.26. The highest BCUT2D eigenvalue weighted by atomic mass is 16.5. The first-order valence-electron chi connectivity index (χ1n) is 5.84. The monoisotopic (exact) mass is 232 g/mol. The molecular formula is C14H16O3. The Morgan fingerprint density at radius 1 is 1.41 bits per heavy atom. The number of esters is 1. The van der Waals surface area contributed by atoms with Crippen molar-refractivity contribution < 1.29 is 14.3 Å². The van der Waals surface area contributed by atoms with E-state index in [1.54, 1.807) is 6.92 Å². The van der Waals surface area contributed by atoms with Gasteiger partial charge in [-0.15, -0.1) is 0 Å². The van der Waals surface area contributed by atoms with Crippen LogP contribution in [0.3, 0.4) is 0 Å². The molecule has 0 spiro atoms. The first kappa shape index (κ1) is 11.8. The number of ether oxygens (including phenoxy) is 1. The number of ketones is 1. The normalized spacial score (nSPS) is 17.4. The maximum absolute atomic E-state index is 12.0. The first-order chi connectivity index (χ1) is 8.08. The molecular weight excluding hydrogens is 216 g/mol. The maximum atomic E-state index is 12.0. The number of carbonyl (C=O) groups excluding carboxylic acids is 2. The summed E-state index contributed by atoms with van der Waals surface area (Å²) in [5.74, 6) is -0.148. The molecule has 0 aromatic heterocycles. The number of carbonyl (C=O) groups is 2. The lowest BCUT2D eigenvalue weighted by Gasteiger charge is -2.38. The van der Waals surface area contributed by atoms with E-state index in [1.807, 2.05) is 31.2 Å². The Labute approximate surface area is 101 Å². The zero-order valence-electron chi connectivity index (χ0n) is 10.2. The summed E-state index contributed by atoms with van der Waals surface area (Å²) in [5, 5.41) is 0. The molecule has 3 heteroatoms. The highest BCUT2D eigenvalue weighted by Gasteiger charge is 2.52. The second-order valence-electron chi connectivity index (χ2n) is 4.56. The quantitative estimate of drug-likeness (QED) is 0.750. The van der Waals surface area contributed by atoms with Crippen LogP contribution in [0.1, 0.15) is 30.9 Å². The van der Waals surface area contributed by atoms with Crippen molar-refractivity contribution in [2.75, 3.05) is 6.61 Å². The van der Waals surface area contributed by atoms with Gasteiger partial charge in [-0.05, 0) is 19.4 Å². The molecule has 0 bridgehead atoms. The Hall–Kier alpha value is -1.64. The highest BCUT2D eigenvalue weighted by molar-refractivity contribution is 6.02. The van der Waals surface area contributed by atoms with Crippen LogP contribution >= 0.6 is 0 Å². The molecule has 0 atom stereocenters. The molecule has 17 heavy (non-hydrogen) atoms. The van der Waals surface area contributed by atoms with Gasteiger partial charge in [0.25, 0.3) is 0 Å². The van der Waals surface area contributed by atoms with Crippen LogP contribution in [0.2, 0.25) is 0 Å². The van der Waals surface area contributed by atoms with Crippen LogP contribution in [-0.2, 0) is 19.7 Å². The molecule has 2 rings (SSSR count). The second-order valence-corrected chi connectivity index (χ2v) is 4.56. The number of aryl methyl sites for hydroxylation is 1. The lowest BCUT2D eigenvalue weighted by atomic mass is 9.63. The van der Waals surface area contributed by atoms with Gasteiger partial charge in [0, 0.05) is 12.8 Å². The van der Waals surface area contributed by atoms with Crippen LogP contribution in [0, 0.1) is 6.92 Å². The minimum Gasteiger partial charge on any atom is -0.465 e. The largest absolute Gasteiger partial charge is 0.465 e. The molecule has 1 aliphatic carbocycles. The van der Waals surface area contributed by atoms with E-state index in [1.165, 1.54) is 0 Å². The average molecular weight is 232 g/mol. The van der Waals surface area contributed by atoms with Gasteiger partial charge in [-0.2, -0.15) is 0 Å². The summed E-state index contributed by atoms with van der Waals surface area (Å²) in [6, 6.07) is 7.75. The van der Waals surface area contributed by atoms with Crippen molar-refractivity contribution >= 4 is 11.8 Å². The van der Waals surface area contributed by atoms with Gasteiger partial charge in [-0.3, -0.25) is 9.59 Å². The van der Waals surface area contributed by atoms with E-state index < -0.39 is 5.41 Å². The smallest absolute Gasteiger partial charge is 0.317 e. The van der Waals surface area contributed by atoms with E-state index in [9.17, 15) is 9.59 Å². The Bertz CT molecular complexity index is 454. The van der Waals surface area contributed by atoms with Crippen molar-refractivity contribution in [3.05, 3.63) is 35.4 Å². The fourth-order valence-corrected chi connectivity index (χ4v) is 2.30. The van der Waals surface area contributed by atoms with Gasteiger partial charge in [0.2, 0.25) is 0 Å². The third-order valence-electron chi connectivity index (χ3n) is 3.23. The fraction of sp³-hybridized carbons (Fsp3) is 0.429. The maximum Gasteiger partial charge on any atom is 0.317 e. The van der Waals surface area contributed by atoms with Gasteiger partial charge in [-0.25, -0.2) is 0 Å². The van der Waals surface area contributed by atoms with Crippen LogP contribution in [0.15, 0.2) is 24.3 Å². The minimum absolute atomic E-state index is 0.125. The van der Waals surface area contributed by atoms with Crippen molar-refractivity contribution in [1.82, 2.24) is 0 Å². The standard InChI is InChI=1S/C14H16O3/c1-3-17-13(16)14(8-12(15)9-14)11-6-4-5-10(2)7-11/h4-7H,3,8-9H2,1-2H3. The summed E-state index contributed by atoms with van der Waals surface area (Å²) in [7, 11) is 0. The summed E-state index contributed by atoms with van der Waals surface area (Å²) >= 11 is 0.